The highest BCUT2D eigenvalue weighted by Crippen LogP contribution is 2.24. The molecule has 1 atom stereocenters. The van der Waals surface area contributed by atoms with E-state index in [1.165, 1.54) is 12.5 Å². The van der Waals surface area contributed by atoms with Crippen LogP contribution in [0, 0.1) is 0 Å². The molecule has 0 saturated carbocycles. The van der Waals surface area contributed by atoms with E-state index in [1.54, 1.807) is 6.07 Å². The minimum Gasteiger partial charge on any atom is -0.472 e. The van der Waals surface area contributed by atoms with Crippen LogP contribution in [0.15, 0.2) is 57.8 Å². The van der Waals surface area contributed by atoms with Gasteiger partial charge in [-0.05, 0) is 25.1 Å². The molecule has 3 aromatic rings. The Morgan fingerprint density at radius 3 is 2.54 bits per heavy atom. The van der Waals surface area contributed by atoms with E-state index in [-0.39, 0.29) is 11.9 Å². The molecule has 1 aliphatic rings. The minimum absolute atomic E-state index is 0.00568. The van der Waals surface area contributed by atoms with Crippen molar-refractivity contribution in [2.75, 3.05) is 26.2 Å². The van der Waals surface area contributed by atoms with Gasteiger partial charge >= 0.3 is 0 Å². The number of hydrogen-bond donors (Lipinski definition) is 0. The van der Waals surface area contributed by atoms with Gasteiger partial charge in [0.2, 0.25) is 11.8 Å². The van der Waals surface area contributed by atoms with Crippen LogP contribution in [0.5, 0.6) is 0 Å². The van der Waals surface area contributed by atoms with Gasteiger partial charge in [-0.2, -0.15) is 0 Å². The molecule has 0 bridgehead atoms. The van der Waals surface area contributed by atoms with E-state index in [4.69, 9.17) is 8.83 Å². The zero-order chi connectivity index (χ0) is 17.9. The van der Waals surface area contributed by atoms with Crippen molar-refractivity contribution in [1.29, 1.82) is 0 Å². The second kappa shape index (κ2) is 7.13. The van der Waals surface area contributed by atoms with E-state index in [2.05, 4.69) is 22.0 Å². The van der Waals surface area contributed by atoms with E-state index < -0.39 is 0 Å². The second-order valence-corrected chi connectivity index (χ2v) is 6.33. The molecule has 0 N–H and O–H groups in total. The Hall–Kier alpha value is -2.93. The Balaban J connectivity index is 1.39. The highest BCUT2D eigenvalue weighted by Gasteiger charge is 2.28. The fourth-order valence-corrected chi connectivity index (χ4v) is 3.14. The predicted octanol–water partition coefficient (Wildman–Crippen LogP) is 2.85. The number of nitrogens with zero attached hydrogens (tertiary/aromatic N) is 4. The maximum absolute atomic E-state index is 12.4. The van der Waals surface area contributed by atoms with Gasteiger partial charge in [0.05, 0.1) is 17.9 Å². The number of aromatic nitrogens is 2. The monoisotopic (exact) mass is 352 g/mol. The van der Waals surface area contributed by atoms with Gasteiger partial charge in [-0.15, -0.1) is 10.2 Å². The number of carbonyl (C=O) groups is 1. The molecule has 1 saturated heterocycles. The van der Waals surface area contributed by atoms with Crippen LogP contribution in [0.1, 0.15) is 29.2 Å². The Kier molecular flexibility index (Phi) is 4.53. The number of rotatable bonds is 4. The summed E-state index contributed by atoms with van der Waals surface area (Å²) in [5, 5.41) is 8.37. The number of piperazine rings is 1. The highest BCUT2D eigenvalue weighted by molar-refractivity contribution is 5.93. The quantitative estimate of drug-likeness (QED) is 0.719. The summed E-state index contributed by atoms with van der Waals surface area (Å²) in [6, 6.07) is 11.4. The fraction of sp³-hybridized carbons (Fsp3) is 0.316. The van der Waals surface area contributed by atoms with Crippen LogP contribution in [0.25, 0.3) is 11.5 Å². The molecule has 1 fully saturated rings. The summed E-state index contributed by atoms with van der Waals surface area (Å²) in [6.07, 6.45) is 3.01. The van der Waals surface area contributed by atoms with Crippen molar-refractivity contribution in [2.45, 2.75) is 13.0 Å². The first-order valence-electron chi connectivity index (χ1n) is 8.67. The molecule has 134 valence electrons. The van der Waals surface area contributed by atoms with Gasteiger partial charge in [-0.25, -0.2) is 0 Å². The van der Waals surface area contributed by atoms with Crippen LogP contribution in [0.3, 0.4) is 0 Å². The number of hydrogen-bond acceptors (Lipinski definition) is 6. The normalized spacial score (nSPS) is 16.6. The van der Waals surface area contributed by atoms with E-state index in [0.29, 0.717) is 30.4 Å². The Morgan fingerprint density at radius 2 is 1.85 bits per heavy atom. The third-order valence-electron chi connectivity index (χ3n) is 4.74. The van der Waals surface area contributed by atoms with Crippen molar-refractivity contribution < 1.29 is 13.6 Å². The SMILES string of the molecule is CC(c1nnc(-c2ccccc2)o1)N1CCN(C(=O)c2ccoc2)CC1. The summed E-state index contributed by atoms with van der Waals surface area (Å²) in [6.45, 7) is 4.89. The van der Waals surface area contributed by atoms with Crippen LogP contribution in [0.2, 0.25) is 0 Å². The highest BCUT2D eigenvalue weighted by atomic mass is 16.4. The molecular formula is C19H20N4O3. The Labute approximate surface area is 151 Å². The van der Waals surface area contributed by atoms with Crippen molar-refractivity contribution >= 4 is 5.91 Å². The topological polar surface area (TPSA) is 75.6 Å². The molecule has 1 amide bonds. The van der Waals surface area contributed by atoms with Crippen LogP contribution >= 0.6 is 0 Å². The van der Waals surface area contributed by atoms with Crippen LogP contribution in [-0.4, -0.2) is 52.1 Å². The van der Waals surface area contributed by atoms with Gasteiger partial charge in [0.1, 0.15) is 6.26 Å². The molecule has 7 heteroatoms. The Bertz CT molecular complexity index is 852. The molecule has 7 nitrogen and oxygen atoms in total. The van der Waals surface area contributed by atoms with Crippen LogP contribution in [-0.2, 0) is 0 Å². The first-order chi connectivity index (χ1) is 12.7. The van der Waals surface area contributed by atoms with Crippen molar-refractivity contribution in [2.24, 2.45) is 0 Å². The van der Waals surface area contributed by atoms with Gasteiger partial charge in [0.15, 0.2) is 0 Å². The zero-order valence-electron chi connectivity index (χ0n) is 14.5. The summed E-state index contributed by atoms with van der Waals surface area (Å²) in [5.41, 5.74) is 1.50. The lowest BCUT2D eigenvalue weighted by molar-refractivity contribution is 0.0558. The lowest BCUT2D eigenvalue weighted by atomic mass is 10.2. The van der Waals surface area contributed by atoms with Crippen LogP contribution < -0.4 is 0 Å². The molecule has 2 aromatic heterocycles. The number of amides is 1. The summed E-state index contributed by atoms with van der Waals surface area (Å²) in [5.74, 6) is 1.13. The molecule has 3 heterocycles. The van der Waals surface area contributed by atoms with Crippen molar-refractivity contribution in [3.8, 4) is 11.5 Å². The lowest BCUT2D eigenvalue weighted by Gasteiger charge is -2.36. The summed E-state index contributed by atoms with van der Waals surface area (Å²) >= 11 is 0. The molecular weight excluding hydrogens is 332 g/mol. The molecule has 26 heavy (non-hydrogen) atoms. The predicted molar refractivity (Wildman–Crippen MR) is 94.3 cm³/mol. The smallest absolute Gasteiger partial charge is 0.257 e. The summed E-state index contributed by atoms with van der Waals surface area (Å²) in [7, 11) is 0. The standard InChI is InChI=1S/C19H20N4O3/c1-14(17-20-21-18(26-17)15-5-3-2-4-6-15)22-8-10-23(11-9-22)19(24)16-7-12-25-13-16/h2-7,12-14H,8-11H2,1H3. The van der Waals surface area contributed by atoms with E-state index >= 15 is 0 Å². The number of furan rings is 1. The lowest BCUT2D eigenvalue weighted by Crippen LogP contribution is -2.49. The van der Waals surface area contributed by atoms with Crippen molar-refractivity contribution in [3.63, 3.8) is 0 Å². The number of carbonyl (C=O) groups excluding carboxylic acids is 1. The average molecular weight is 352 g/mol. The first kappa shape index (κ1) is 16.5. The molecule has 4 rings (SSSR count). The Morgan fingerprint density at radius 1 is 1.08 bits per heavy atom. The fourth-order valence-electron chi connectivity index (χ4n) is 3.14. The van der Waals surface area contributed by atoms with E-state index in [9.17, 15) is 4.79 Å². The molecule has 0 radical (unpaired) electrons. The summed E-state index contributed by atoms with van der Waals surface area (Å²) < 4.78 is 10.9. The average Bonchev–Trinajstić information content (AvgIpc) is 3.40. The molecule has 1 unspecified atom stereocenters. The van der Waals surface area contributed by atoms with Crippen molar-refractivity contribution in [1.82, 2.24) is 20.0 Å². The second-order valence-electron chi connectivity index (χ2n) is 6.33. The third-order valence-corrected chi connectivity index (χ3v) is 4.74. The van der Waals surface area contributed by atoms with Crippen LogP contribution in [0.4, 0.5) is 0 Å². The summed E-state index contributed by atoms with van der Waals surface area (Å²) in [4.78, 5) is 16.5. The molecule has 1 aromatic carbocycles. The zero-order valence-corrected chi connectivity index (χ0v) is 14.5. The van der Waals surface area contributed by atoms with Crippen molar-refractivity contribution in [3.05, 3.63) is 60.4 Å². The van der Waals surface area contributed by atoms with Gasteiger partial charge in [0, 0.05) is 31.7 Å². The van der Waals surface area contributed by atoms with Gasteiger partial charge in [0.25, 0.3) is 5.91 Å². The first-order valence-corrected chi connectivity index (χ1v) is 8.67. The molecule has 0 spiro atoms. The van der Waals surface area contributed by atoms with Gasteiger partial charge in [-0.1, -0.05) is 18.2 Å². The van der Waals surface area contributed by atoms with E-state index in [0.717, 1.165) is 18.7 Å². The minimum atomic E-state index is 0.00568. The number of benzene rings is 1. The van der Waals surface area contributed by atoms with E-state index in [1.807, 2.05) is 35.2 Å². The molecule has 1 aliphatic heterocycles. The maximum Gasteiger partial charge on any atom is 0.257 e. The van der Waals surface area contributed by atoms with Gasteiger partial charge < -0.3 is 13.7 Å². The van der Waals surface area contributed by atoms with Gasteiger partial charge in [-0.3, -0.25) is 9.69 Å². The third kappa shape index (κ3) is 3.25. The largest absolute Gasteiger partial charge is 0.472 e. The molecule has 0 aliphatic carbocycles. The maximum atomic E-state index is 12.4.